The largest absolute Gasteiger partial charge is 0.496 e. The molecule has 4 rings (SSSR count). The Morgan fingerprint density at radius 1 is 1.19 bits per heavy atom. The van der Waals surface area contributed by atoms with Crippen molar-refractivity contribution >= 4 is 33.7 Å². The zero-order valence-electron chi connectivity index (χ0n) is 15.3. The summed E-state index contributed by atoms with van der Waals surface area (Å²) in [6.45, 7) is 3.93. The van der Waals surface area contributed by atoms with Gasteiger partial charge in [0.1, 0.15) is 17.1 Å². The molecule has 4 aromatic rings. The van der Waals surface area contributed by atoms with Crippen molar-refractivity contribution in [2.45, 2.75) is 13.8 Å². The van der Waals surface area contributed by atoms with Gasteiger partial charge in [-0.05, 0) is 31.5 Å². The molecule has 0 aliphatic heterocycles. The number of nitrogens with zero attached hydrogens (tertiary/aromatic N) is 2. The highest BCUT2D eigenvalue weighted by molar-refractivity contribution is 7.13. The summed E-state index contributed by atoms with van der Waals surface area (Å²) in [5.41, 5.74) is 7.76. The van der Waals surface area contributed by atoms with Crippen LogP contribution in [-0.4, -0.2) is 18.3 Å². The summed E-state index contributed by atoms with van der Waals surface area (Å²) in [7, 11) is 1.66. The van der Waals surface area contributed by atoms with Crippen LogP contribution in [0.15, 0.2) is 57.4 Å². The molecule has 0 unspecified atom stereocenters. The third-order valence-corrected chi connectivity index (χ3v) is 5.13. The lowest BCUT2D eigenvalue weighted by Crippen LogP contribution is -1.94. The molecule has 136 valence electrons. The van der Waals surface area contributed by atoms with E-state index in [2.05, 4.69) is 27.6 Å². The summed E-state index contributed by atoms with van der Waals surface area (Å²) in [5, 5.41) is 8.03. The number of thiazole rings is 1. The van der Waals surface area contributed by atoms with Crippen LogP contribution in [0.1, 0.15) is 17.0 Å². The lowest BCUT2D eigenvalue weighted by Gasteiger charge is -2.06. The first-order valence-corrected chi connectivity index (χ1v) is 9.41. The Bertz CT molecular complexity index is 1110. The number of benzene rings is 2. The van der Waals surface area contributed by atoms with Crippen molar-refractivity contribution < 1.29 is 9.15 Å². The van der Waals surface area contributed by atoms with Gasteiger partial charge in [0.15, 0.2) is 0 Å². The standard InChI is InChI=1S/C21H19N3O2S/c1-13-12-27-21(23-13)24-22-11-16-9-19-17(10-18(16)25-3)20(14(2)26-19)15-7-5-4-6-8-15/h4-12H,1-3H3,(H,23,24). The van der Waals surface area contributed by atoms with Crippen LogP contribution in [0.5, 0.6) is 5.75 Å². The fourth-order valence-corrected chi connectivity index (χ4v) is 3.70. The molecule has 5 nitrogen and oxygen atoms in total. The molecule has 0 aliphatic carbocycles. The van der Waals surface area contributed by atoms with Gasteiger partial charge in [0.05, 0.1) is 19.0 Å². The average molecular weight is 377 g/mol. The summed E-state index contributed by atoms with van der Waals surface area (Å²) < 4.78 is 11.6. The molecule has 0 radical (unpaired) electrons. The van der Waals surface area contributed by atoms with E-state index in [0.717, 1.165) is 50.0 Å². The van der Waals surface area contributed by atoms with E-state index < -0.39 is 0 Å². The highest BCUT2D eigenvalue weighted by Gasteiger charge is 2.15. The SMILES string of the molecule is COc1cc2c(-c3ccccc3)c(C)oc2cc1C=NNc1nc(C)cs1. The van der Waals surface area contributed by atoms with Gasteiger partial charge in [0.2, 0.25) is 5.13 Å². The second-order valence-electron chi connectivity index (χ2n) is 6.15. The maximum atomic E-state index is 6.01. The molecule has 0 fully saturated rings. The van der Waals surface area contributed by atoms with Crippen molar-refractivity contribution in [1.29, 1.82) is 0 Å². The van der Waals surface area contributed by atoms with Crippen LogP contribution in [0.3, 0.4) is 0 Å². The van der Waals surface area contributed by atoms with Crippen molar-refractivity contribution in [3.05, 3.63) is 64.9 Å². The Morgan fingerprint density at radius 2 is 2.00 bits per heavy atom. The lowest BCUT2D eigenvalue weighted by atomic mass is 10.0. The van der Waals surface area contributed by atoms with E-state index in [1.807, 2.05) is 49.6 Å². The molecule has 0 amide bonds. The predicted molar refractivity (Wildman–Crippen MR) is 111 cm³/mol. The van der Waals surface area contributed by atoms with Crippen molar-refractivity contribution in [2.75, 3.05) is 12.5 Å². The molecule has 0 saturated heterocycles. The Morgan fingerprint density at radius 3 is 2.70 bits per heavy atom. The van der Waals surface area contributed by atoms with Gasteiger partial charge < -0.3 is 9.15 Å². The fourth-order valence-electron chi connectivity index (χ4n) is 3.06. The smallest absolute Gasteiger partial charge is 0.203 e. The minimum Gasteiger partial charge on any atom is -0.496 e. The second kappa shape index (κ2) is 7.25. The predicted octanol–water partition coefficient (Wildman–Crippen LogP) is 5.63. The number of aryl methyl sites for hydroxylation is 2. The number of nitrogens with one attached hydrogen (secondary N) is 1. The summed E-state index contributed by atoms with van der Waals surface area (Å²) in [6, 6.07) is 14.2. The molecular formula is C21H19N3O2S. The summed E-state index contributed by atoms with van der Waals surface area (Å²) in [5.74, 6) is 1.62. The van der Waals surface area contributed by atoms with Crippen LogP contribution in [0, 0.1) is 13.8 Å². The molecule has 0 bridgehead atoms. The normalized spacial score (nSPS) is 11.4. The Hall–Kier alpha value is -3.12. The van der Waals surface area contributed by atoms with Gasteiger partial charge in [-0.2, -0.15) is 5.10 Å². The number of methoxy groups -OCH3 is 1. The molecule has 2 heterocycles. The van der Waals surface area contributed by atoms with E-state index >= 15 is 0 Å². The maximum Gasteiger partial charge on any atom is 0.203 e. The van der Waals surface area contributed by atoms with E-state index in [0.29, 0.717) is 0 Å². The van der Waals surface area contributed by atoms with E-state index in [9.17, 15) is 0 Å². The van der Waals surface area contributed by atoms with E-state index in [4.69, 9.17) is 9.15 Å². The van der Waals surface area contributed by atoms with Gasteiger partial charge >= 0.3 is 0 Å². The molecule has 0 saturated carbocycles. The van der Waals surface area contributed by atoms with Crippen molar-refractivity contribution in [1.82, 2.24) is 4.98 Å². The van der Waals surface area contributed by atoms with Crippen molar-refractivity contribution in [3.8, 4) is 16.9 Å². The minimum absolute atomic E-state index is 0.737. The minimum atomic E-state index is 0.737. The molecule has 0 aliphatic rings. The number of hydrogen-bond donors (Lipinski definition) is 1. The number of aromatic nitrogens is 1. The fraction of sp³-hybridized carbons (Fsp3) is 0.143. The van der Waals surface area contributed by atoms with E-state index in [1.165, 1.54) is 11.3 Å². The summed E-state index contributed by atoms with van der Waals surface area (Å²) in [6.07, 6.45) is 1.72. The molecule has 0 atom stereocenters. The first-order valence-electron chi connectivity index (χ1n) is 8.53. The number of hydrogen-bond acceptors (Lipinski definition) is 6. The van der Waals surface area contributed by atoms with Gasteiger partial charge in [-0.3, -0.25) is 5.43 Å². The number of rotatable bonds is 5. The lowest BCUT2D eigenvalue weighted by molar-refractivity contribution is 0.414. The van der Waals surface area contributed by atoms with E-state index in [1.54, 1.807) is 13.3 Å². The third kappa shape index (κ3) is 3.44. The zero-order chi connectivity index (χ0) is 18.8. The monoisotopic (exact) mass is 377 g/mol. The highest BCUT2D eigenvalue weighted by atomic mass is 32.1. The molecule has 0 spiro atoms. The molecule has 1 N–H and O–H groups in total. The van der Waals surface area contributed by atoms with Crippen LogP contribution in [0.25, 0.3) is 22.1 Å². The Kier molecular flexibility index (Phi) is 4.64. The third-order valence-electron chi connectivity index (χ3n) is 4.26. The summed E-state index contributed by atoms with van der Waals surface area (Å²) >= 11 is 1.51. The Labute approximate surface area is 161 Å². The van der Waals surface area contributed by atoms with Crippen LogP contribution >= 0.6 is 11.3 Å². The maximum absolute atomic E-state index is 6.01. The molecule has 6 heteroatoms. The van der Waals surface area contributed by atoms with E-state index in [-0.39, 0.29) is 0 Å². The van der Waals surface area contributed by atoms with Gasteiger partial charge in [0.25, 0.3) is 0 Å². The number of anilines is 1. The number of fused-ring (bicyclic) bond motifs is 1. The molecule has 2 aromatic heterocycles. The Balaban J connectivity index is 1.72. The van der Waals surface area contributed by atoms with Crippen molar-refractivity contribution in [3.63, 3.8) is 0 Å². The zero-order valence-corrected chi connectivity index (χ0v) is 16.1. The van der Waals surface area contributed by atoms with Crippen molar-refractivity contribution in [2.24, 2.45) is 5.10 Å². The van der Waals surface area contributed by atoms with Gasteiger partial charge in [0, 0.05) is 21.9 Å². The molecule has 2 aromatic carbocycles. The quantitative estimate of drug-likeness (QED) is 0.362. The topological polar surface area (TPSA) is 59.7 Å². The highest BCUT2D eigenvalue weighted by Crippen LogP contribution is 2.37. The average Bonchev–Trinajstić information content (AvgIpc) is 3.23. The number of ether oxygens (including phenoxy) is 1. The van der Waals surface area contributed by atoms with Crippen LogP contribution < -0.4 is 10.2 Å². The number of hydrazone groups is 1. The van der Waals surface area contributed by atoms with Crippen LogP contribution in [0.4, 0.5) is 5.13 Å². The van der Waals surface area contributed by atoms with Gasteiger partial charge in [-0.25, -0.2) is 4.98 Å². The van der Waals surface area contributed by atoms with Crippen LogP contribution in [0.2, 0.25) is 0 Å². The molecule has 27 heavy (non-hydrogen) atoms. The summed E-state index contributed by atoms with van der Waals surface area (Å²) in [4.78, 5) is 4.33. The van der Waals surface area contributed by atoms with Gasteiger partial charge in [-0.15, -0.1) is 11.3 Å². The van der Waals surface area contributed by atoms with Gasteiger partial charge in [-0.1, -0.05) is 30.3 Å². The number of furan rings is 1. The molecular weight excluding hydrogens is 358 g/mol. The van der Waals surface area contributed by atoms with Crippen LogP contribution in [-0.2, 0) is 0 Å². The first kappa shape index (κ1) is 17.3. The first-order chi connectivity index (χ1) is 13.2. The second-order valence-corrected chi connectivity index (χ2v) is 7.01.